The zero-order valence-electron chi connectivity index (χ0n) is 10.4. The van der Waals surface area contributed by atoms with E-state index < -0.39 is 5.54 Å². The fraction of sp³-hybridized carbons (Fsp3) is 0.571. The Balaban J connectivity index is 2.49. The first kappa shape index (κ1) is 12.8. The average Bonchev–Trinajstić information content (AvgIpc) is 2.22. The number of benzene rings is 1. The van der Waals surface area contributed by atoms with Crippen LogP contribution in [-0.2, 0) is 5.54 Å². The summed E-state index contributed by atoms with van der Waals surface area (Å²) in [6.45, 7) is 4.25. The second-order valence-electron chi connectivity index (χ2n) is 5.69. The fourth-order valence-corrected chi connectivity index (χ4v) is 3.04. The summed E-state index contributed by atoms with van der Waals surface area (Å²) in [5.41, 5.74) is 6.46. The maximum Gasteiger partial charge on any atom is 0.129 e. The van der Waals surface area contributed by atoms with Gasteiger partial charge in [-0.25, -0.2) is 4.39 Å². The predicted octanol–water partition coefficient (Wildman–Crippen LogP) is 4.23. The van der Waals surface area contributed by atoms with Gasteiger partial charge in [0.25, 0.3) is 0 Å². The van der Waals surface area contributed by atoms with Crippen molar-refractivity contribution >= 4 is 11.6 Å². The van der Waals surface area contributed by atoms with Gasteiger partial charge in [0.05, 0.1) is 0 Å². The van der Waals surface area contributed by atoms with Crippen LogP contribution in [0.2, 0.25) is 5.02 Å². The third-order valence-electron chi connectivity index (χ3n) is 4.24. The van der Waals surface area contributed by atoms with E-state index in [1.807, 2.05) is 0 Å². The Morgan fingerprint density at radius 1 is 1.24 bits per heavy atom. The molecule has 0 aromatic heterocycles. The lowest BCUT2D eigenvalue weighted by Crippen LogP contribution is -2.52. The number of nitrogens with two attached hydrogens (primary N) is 1. The molecule has 3 heteroatoms. The van der Waals surface area contributed by atoms with Crippen molar-refractivity contribution in [2.45, 2.75) is 45.1 Å². The summed E-state index contributed by atoms with van der Waals surface area (Å²) in [4.78, 5) is 0. The second kappa shape index (κ2) is 4.25. The number of hydrogen-bond acceptors (Lipinski definition) is 1. The molecular formula is C14H19ClFN. The zero-order chi connectivity index (χ0) is 12.7. The molecule has 1 atom stereocenters. The predicted molar refractivity (Wildman–Crippen MR) is 69.5 cm³/mol. The number of hydrogen-bond donors (Lipinski definition) is 1. The first-order valence-electron chi connectivity index (χ1n) is 6.11. The van der Waals surface area contributed by atoms with Crippen LogP contribution in [-0.4, -0.2) is 0 Å². The van der Waals surface area contributed by atoms with Crippen LogP contribution in [0, 0.1) is 11.2 Å². The molecule has 1 aliphatic carbocycles. The minimum absolute atomic E-state index is 0.0834. The van der Waals surface area contributed by atoms with Gasteiger partial charge in [-0.05, 0) is 30.4 Å². The van der Waals surface area contributed by atoms with Crippen molar-refractivity contribution in [1.82, 2.24) is 0 Å². The summed E-state index contributed by atoms with van der Waals surface area (Å²) in [5.74, 6) is -0.282. The molecule has 1 saturated carbocycles. The van der Waals surface area contributed by atoms with Crippen molar-refractivity contribution in [3.8, 4) is 0 Å². The minimum atomic E-state index is -0.583. The lowest BCUT2D eigenvalue weighted by Gasteiger charge is -2.48. The molecule has 0 aliphatic heterocycles. The lowest BCUT2D eigenvalue weighted by atomic mass is 9.61. The van der Waals surface area contributed by atoms with Crippen molar-refractivity contribution in [2.24, 2.45) is 11.1 Å². The van der Waals surface area contributed by atoms with E-state index in [0.29, 0.717) is 10.6 Å². The van der Waals surface area contributed by atoms with E-state index in [2.05, 4.69) is 13.8 Å². The molecule has 1 unspecified atom stereocenters. The van der Waals surface area contributed by atoms with Crippen LogP contribution >= 0.6 is 11.6 Å². The smallest absolute Gasteiger partial charge is 0.129 e. The van der Waals surface area contributed by atoms with E-state index in [4.69, 9.17) is 17.3 Å². The first-order valence-corrected chi connectivity index (χ1v) is 6.49. The highest BCUT2D eigenvalue weighted by Gasteiger charge is 2.46. The summed E-state index contributed by atoms with van der Waals surface area (Å²) in [7, 11) is 0. The van der Waals surface area contributed by atoms with Crippen LogP contribution in [0.25, 0.3) is 0 Å². The summed E-state index contributed by atoms with van der Waals surface area (Å²) in [6, 6.07) is 4.82. The van der Waals surface area contributed by atoms with Gasteiger partial charge in [-0.2, -0.15) is 0 Å². The van der Waals surface area contributed by atoms with Gasteiger partial charge in [0.2, 0.25) is 0 Å². The van der Waals surface area contributed by atoms with E-state index in [9.17, 15) is 4.39 Å². The summed E-state index contributed by atoms with van der Waals surface area (Å²) < 4.78 is 14.1. The zero-order valence-corrected chi connectivity index (χ0v) is 11.1. The number of rotatable bonds is 1. The van der Waals surface area contributed by atoms with Gasteiger partial charge in [-0.3, -0.25) is 0 Å². The maximum absolute atomic E-state index is 14.1. The Hall–Kier alpha value is -0.600. The first-order chi connectivity index (χ1) is 7.87. The van der Waals surface area contributed by atoms with Gasteiger partial charge in [0.15, 0.2) is 0 Å². The Labute approximate surface area is 107 Å². The number of halogens is 2. The summed E-state index contributed by atoms with van der Waals surface area (Å²) in [6.07, 6.45) is 4.09. The molecule has 0 saturated heterocycles. The highest BCUT2D eigenvalue weighted by molar-refractivity contribution is 6.30. The summed E-state index contributed by atoms with van der Waals surface area (Å²) >= 11 is 5.79. The van der Waals surface area contributed by atoms with Crippen LogP contribution in [0.1, 0.15) is 45.1 Å². The van der Waals surface area contributed by atoms with Crippen LogP contribution in [0.4, 0.5) is 4.39 Å². The van der Waals surface area contributed by atoms with E-state index in [-0.39, 0.29) is 11.2 Å². The Bertz CT molecular complexity index is 430. The molecule has 1 aromatic carbocycles. The van der Waals surface area contributed by atoms with Crippen molar-refractivity contribution < 1.29 is 4.39 Å². The highest BCUT2D eigenvalue weighted by Crippen LogP contribution is 2.49. The van der Waals surface area contributed by atoms with Crippen LogP contribution < -0.4 is 5.73 Å². The third kappa shape index (κ3) is 2.09. The van der Waals surface area contributed by atoms with E-state index >= 15 is 0 Å². The van der Waals surface area contributed by atoms with Crippen molar-refractivity contribution in [3.63, 3.8) is 0 Å². The molecule has 0 bridgehead atoms. The fourth-order valence-electron chi connectivity index (χ4n) is 2.88. The maximum atomic E-state index is 14.1. The van der Waals surface area contributed by atoms with Crippen molar-refractivity contribution in [3.05, 3.63) is 34.6 Å². The molecule has 2 N–H and O–H groups in total. The Morgan fingerprint density at radius 2 is 1.88 bits per heavy atom. The highest BCUT2D eigenvalue weighted by atomic mass is 35.5. The molecule has 1 aliphatic rings. The van der Waals surface area contributed by atoms with Gasteiger partial charge >= 0.3 is 0 Å². The monoisotopic (exact) mass is 255 g/mol. The Kier molecular flexibility index (Phi) is 3.21. The molecule has 0 amide bonds. The third-order valence-corrected chi connectivity index (χ3v) is 4.48. The van der Waals surface area contributed by atoms with Gasteiger partial charge in [0, 0.05) is 16.1 Å². The second-order valence-corrected chi connectivity index (χ2v) is 6.12. The van der Waals surface area contributed by atoms with Crippen LogP contribution in [0.5, 0.6) is 0 Å². The molecule has 2 rings (SSSR count). The van der Waals surface area contributed by atoms with Gasteiger partial charge in [-0.1, -0.05) is 44.4 Å². The van der Waals surface area contributed by atoms with Crippen LogP contribution in [0.3, 0.4) is 0 Å². The van der Waals surface area contributed by atoms with E-state index in [0.717, 1.165) is 19.3 Å². The average molecular weight is 256 g/mol. The van der Waals surface area contributed by atoms with Gasteiger partial charge < -0.3 is 5.73 Å². The molecule has 0 heterocycles. The largest absolute Gasteiger partial charge is 0.321 e. The molecule has 0 spiro atoms. The SMILES string of the molecule is CC1(C)CCCCC1(N)c1ccc(Cl)cc1F. The standard InChI is InChI=1S/C14H19ClFN/c1-13(2)7-3-4-8-14(13,17)11-6-5-10(15)9-12(11)16/h5-6,9H,3-4,7-8,17H2,1-2H3. The quantitative estimate of drug-likeness (QED) is 0.798. The van der Waals surface area contributed by atoms with E-state index in [1.165, 1.54) is 12.5 Å². The van der Waals surface area contributed by atoms with Crippen molar-refractivity contribution in [1.29, 1.82) is 0 Å². The normalized spacial score (nSPS) is 28.1. The minimum Gasteiger partial charge on any atom is -0.321 e. The molecule has 0 radical (unpaired) electrons. The topological polar surface area (TPSA) is 26.0 Å². The molecule has 94 valence electrons. The molecule has 1 aromatic rings. The van der Waals surface area contributed by atoms with Crippen LogP contribution in [0.15, 0.2) is 18.2 Å². The molecular weight excluding hydrogens is 237 g/mol. The van der Waals surface area contributed by atoms with E-state index in [1.54, 1.807) is 12.1 Å². The molecule has 1 nitrogen and oxygen atoms in total. The van der Waals surface area contributed by atoms with Gasteiger partial charge in [0.1, 0.15) is 5.82 Å². The lowest BCUT2D eigenvalue weighted by molar-refractivity contribution is 0.0943. The Morgan fingerprint density at radius 3 is 2.47 bits per heavy atom. The molecule has 1 fully saturated rings. The molecule has 17 heavy (non-hydrogen) atoms. The van der Waals surface area contributed by atoms with Gasteiger partial charge in [-0.15, -0.1) is 0 Å². The summed E-state index contributed by atoms with van der Waals surface area (Å²) in [5, 5.41) is 0.420. The van der Waals surface area contributed by atoms with Crippen molar-refractivity contribution in [2.75, 3.05) is 0 Å².